The van der Waals surface area contributed by atoms with Crippen LogP contribution in [0.15, 0.2) is 18.3 Å². The number of nitrogens with zero attached hydrogens (tertiary/aromatic N) is 1. The van der Waals surface area contributed by atoms with Crippen LogP contribution in [-0.2, 0) is 4.74 Å². The van der Waals surface area contributed by atoms with Gasteiger partial charge in [-0.25, -0.2) is 4.98 Å². The number of rotatable bonds is 5. The Balaban J connectivity index is 2.32. The van der Waals surface area contributed by atoms with Crippen molar-refractivity contribution in [3.63, 3.8) is 0 Å². The monoisotopic (exact) mass is 185 g/mol. The van der Waals surface area contributed by atoms with E-state index in [1.807, 2.05) is 6.92 Å². The molecule has 0 radical (unpaired) electrons. The highest BCUT2D eigenvalue weighted by Crippen LogP contribution is 2.12. The lowest BCUT2D eigenvalue weighted by atomic mass is 10.4. The minimum Gasteiger partial charge on any atom is -0.486 e. The SMILES string of the molecule is CCOCCOc1cccnc1F. The summed E-state index contributed by atoms with van der Waals surface area (Å²) in [5, 5.41) is 0. The van der Waals surface area contributed by atoms with E-state index in [2.05, 4.69) is 4.98 Å². The summed E-state index contributed by atoms with van der Waals surface area (Å²) in [6.45, 7) is 3.34. The second kappa shape index (κ2) is 5.48. The maximum atomic E-state index is 12.8. The molecule has 0 fully saturated rings. The van der Waals surface area contributed by atoms with Gasteiger partial charge in [-0.3, -0.25) is 0 Å². The molecule has 0 amide bonds. The van der Waals surface area contributed by atoms with Crippen molar-refractivity contribution in [2.45, 2.75) is 6.92 Å². The number of aromatic nitrogens is 1. The van der Waals surface area contributed by atoms with Crippen molar-refractivity contribution < 1.29 is 13.9 Å². The highest BCUT2D eigenvalue weighted by molar-refractivity contribution is 5.17. The summed E-state index contributed by atoms with van der Waals surface area (Å²) in [5.74, 6) is -0.416. The van der Waals surface area contributed by atoms with Gasteiger partial charge in [0.1, 0.15) is 6.61 Å². The van der Waals surface area contributed by atoms with E-state index in [0.717, 1.165) is 0 Å². The van der Waals surface area contributed by atoms with E-state index in [1.54, 1.807) is 6.07 Å². The van der Waals surface area contributed by atoms with Crippen LogP contribution in [0.1, 0.15) is 6.92 Å². The fourth-order valence-corrected chi connectivity index (χ4v) is 0.834. The van der Waals surface area contributed by atoms with Crippen LogP contribution in [0.5, 0.6) is 5.75 Å². The standard InChI is InChI=1S/C9H12FNO2/c1-2-12-6-7-13-8-4-3-5-11-9(8)10/h3-5H,2,6-7H2,1H3. The minimum atomic E-state index is -0.584. The van der Waals surface area contributed by atoms with Gasteiger partial charge in [0.05, 0.1) is 6.61 Å². The first kappa shape index (κ1) is 9.92. The van der Waals surface area contributed by atoms with Gasteiger partial charge in [-0.15, -0.1) is 0 Å². The zero-order valence-electron chi connectivity index (χ0n) is 7.50. The van der Waals surface area contributed by atoms with Crippen LogP contribution in [0, 0.1) is 5.95 Å². The van der Waals surface area contributed by atoms with Crippen LogP contribution >= 0.6 is 0 Å². The Labute approximate surface area is 76.5 Å². The van der Waals surface area contributed by atoms with Crippen LogP contribution in [0.4, 0.5) is 4.39 Å². The Morgan fingerprint density at radius 2 is 2.31 bits per heavy atom. The van der Waals surface area contributed by atoms with Crippen molar-refractivity contribution >= 4 is 0 Å². The number of pyridine rings is 1. The highest BCUT2D eigenvalue weighted by atomic mass is 19.1. The van der Waals surface area contributed by atoms with Crippen molar-refractivity contribution in [2.75, 3.05) is 19.8 Å². The van der Waals surface area contributed by atoms with Crippen LogP contribution in [0.25, 0.3) is 0 Å². The average molecular weight is 185 g/mol. The molecule has 0 aliphatic carbocycles. The summed E-state index contributed by atoms with van der Waals surface area (Å²) >= 11 is 0. The summed E-state index contributed by atoms with van der Waals surface area (Å²) in [5.41, 5.74) is 0. The maximum absolute atomic E-state index is 12.8. The zero-order chi connectivity index (χ0) is 9.52. The van der Waals surface area contributed by atoms with Crippen LogP contribution < -0.4 is 4.74 Å². The predicted molar refractivity (Wildman–Crippen MR) is 46.2 cm³/mol. The molecule has 13 heavy (non-hydrogen) atoms. The van der Waals surface area contributed by atoms with E-state index >= 15 is 0 Å². The Morgan fingerprint density at radius 1 is 1.46 bits per heavy atom. The maximum Gasteiger partial charge on any atom is 0.255 e. The van der Waals surface area contributed by atoms with Gasteiger partial charge >= 0.3 is 0 Å². The van der Waals surface area contributed by atoms with Crippen molar-refractivity contribution in [3.8, 4) is 5.75 Å². The fourth-order valence-electron chi connectivity index (χ4n) is 0.834. The lowest BCUT2D eigenvalue weighted by molar-refractivity contribution is 0.108. The molecule has 1 aromatic heterocycles. The van der Waals surface area contributed by atoms with E-state index < -0.39 is 5.95 Å². The molecule has 3 nitrogen and oxygen atoms in total. The molecule has 0 unspecified atom stereocenters. The van der Waals surface area contributed by atoms with Gasteiger partial charge in [-0.1, -0.05) is 0 Å². The summed E-state index contributed by atoms with van der Waals surface area (Å²) in [6.07, 6.45) is 1.38. The summed E-state index contributed by atoms with van der Waals surface area (Å²) < 4.78 is 22.9. The average Bonchev–Trinajstić information content (AvgIpc) is 2.15. The van der Waals surface area contributed by atoms with Gasteiger partial charge < -0.3 is 9.47 Å². The van der Waals surface area contributed by atoms with Gasteiger partial charge in [-0.2, -0.15) is 4.39 Å². The Morgan fingerprint density at radius 3 is 3.00 bits per heavy atom. The third-order valence-corrected chi connectivity index (χ3v) is 1.41. The predicted octanol–water partition coefficient (Wildman–Crippen LogP) is 1.64. The minimum absolute atomic E-state index is 0.169. The molecule has 4 heteroatoms. The number of halogens is 1. The molecule has 1 rings (SSSR count). The summed E-state index contributed by atoms with van der Waals surface area (Å²) in [6, 6.07) is 3.16. The normalized spacial score (nSPS) is 10.0. The van der Waals surface area contributed by atoms with Crippen LogP contribution in [0.2, 0.25) is 0 Å². The Bertz CT molecular complexity index is 255. The smallest absolute Gasteiger partial charge is 0.255 e. The third-order valence-electron chi connectivity index (χ3n) is 1.41. The molecular formula is C9H12FNO2. The molecule has 0 saturated heterocycles. The topological polar surface area (TPSA) is 31.4 Å². The molecule has 1 aromatic rings. The molecule has 72 valence electrons. The largest absolute Gasteiger partial charge is 0.486 e. The molecule has 0 N–H and O–H groups in total. The van der Waals surface area contributed by atoms with Crippen molar-refractivity contribution in [3.05, 3.63) is 24.3 Å². The number of ether oxygens (including phenoxy) is 2. The van der Waals surface area contributed by atoms with Crippen LogP contribution in [0.3, 0.4) is 0 Å². The van der Waals surface area contributed by atoms with Gasteiger partial charge in [0.25, 0.3) is 5.95 Å². The molecule has 1 heterocycles. The third kappa shape index (κ3) is 3.38. The zero-order valence-corrected chi connectivity index (χ0v) is 7.50. The quantitative estimate of drug-likeness (QED) is 0.516. The lowest BCUT2D eigenvalue weighted by Crippen LogP contribution is -2.07. The summed E-state index contributed by atoms with van der Waals surface area (Å²) in [4.78, 5) is 3.45. The molecule has 0 spiro atoms. The lowest BCUT2D eigenvalue weighted by Gasteiger charge is -2.05. The van der Waals surface area contributed by atoms with Gasteiger partial charge in [0.2, 0.25) is 0 Å². The first-order valence-electron chi connectivity index (χ1n) is 4.15. The first-order chi connectivity index (χ1) is 6.34. The van der Waals surface area contributed by atoms with E-state index in [1.165, 1.54) is 12.3 Å². The number of hydrogen-bond acceptors (Lipinski definition) is 3. The second-order valence-electron chi connectivity index (χ2n) is 2.34. The molecule has 0 saturated carbocycles. The molecular weight excluding hydrogens is 173 g/mol. The van der Waals surface area contributed by atoms with Gasteiger partial charge in [0, 0.05) is 12.8 Å². The second-order valence-corrected chi connectivity index (χ2v) is 2.34. The molecule has 0 aliphatic rings. The van der Waals surface area contributed by atoms with Crippen LogP contribution in [-0.4, -0.2) is 24.8 Å². The van der Waals surface area contributed by atoms with Gasteiger partial charge in [0.15, 0.2) is 5.75 Å². The van der Waals surface area contributed by atoms with E-state index in [0.29, 0.717) is 19.8 Å². The highest BCUT2D eigenvalue weighted by Gasteiger charge is 2.01. The van der Waals surface area contributed by atoms with E-state index in [9.17, 15) is 4.39 Å². The summed E-state index contributed by atoms with van der Waals surface area (Å²) in [7, 11) is 0. The van der Waals surface area contributed by atoms with E-state index in [4.69, 9.17) is 9.47 Å². The van der Waals surface area contributed by atoms with Crippen molar-refractivity contribution in [2.24, 2.45) is 0 Å². The van der Waals surface area contributed by atoms with Crippen molar-refractivity contribution in [1.29, 1.82) is 0 Å². The van der Waals surface area contributed by atoms with Gasteiger partial charge in [-0.05, 0) is 19.1 Å². The molecule has 0 aliphatic heterocycles. The Kier molecular flexibility index (Phi) is 4.18. The Hall–Kier alpha value is -1.16. The van der Waals surface area contributed by atoms with E-state index in [-0.39, 0.29) is 5.75 Å². The fraction of sp³-hybridized carbons (Fsp3) is 0.444. The number of hydrogen-bond donors (Lipinski definition) is 0. The van der Waals surface area contributed by atoms with Crippen molar-refractivity contribution in [1.82, 2.24) is 4.98 Å². The molecule has 0 bridgehead atoms. The molecule has 0 atom stereocenters. The molecule has 0 aromatic carbocycles. The first-order valence-corrected chi connectivity index (χ1v) is 4.15.